The van der Waals surface area contributed by atoms with Gasteiger partial charge in [0.1, 0.15) is 0 Å². The molecule has 0 saturated heterocycles. The van der Waals surface area contributed by atoms with Crippen LogP contribution in [-0.4, -0.2) is 29.0 Å². The molecule has 0 N–H and O–H groups in total. The Morgan fingerprint density at radius 3 is 2.17 bits per heavy atom. The average molecular weight is 336 g/mol. The summed E-state index contributed by atoms with van der Waals surface area (Å²) in [5.74, 6) is 1.35. The van der Waals surface area contributed by atoms with E-state index in [9.17, 15) is 9.59 Å². The van der Waals surface area contributed by atoms with E-state index >= 15 is 0 Å². The summed E-state index contributed by atoms with van der Waals surface area (Å²) in [6.07, 6.45) is 0.770. The molecule has 2 aromatic rings. The van der Waals surface area contributed by atoms with E-state index in [1.54, 1.807) is 36.0 Å². The molecule has 5 heteroatoms. The van der Waals surface area contributed by atoms with Crippen molar-refractivity contribution in [2.24, 2.45) is 0 Å². The van der Waals surface area contributed by atoms with Crippen LogP contribution in [0.3, 0.4) is 0 Å². The lowest BCUT2D eigenvalue weighted by molar-refractivity contribution is 0.0655. The van der Waals surface area contributed by atoms with Gasteiger partial charge in [0.2, 0.25) is 0 Å². The Morgan fingerprint density at radius 1 is 0.958 bits per heavy atom. The summed E-state index contributed by atoms with van der Waals surface area (Å²) in [5, 5.41) is 8.77. The largest absolute Gasteiger partial charge is 0.274 e. The van der Waals surface area contributed by atoms with Crippen LogP contribution in [0.2, 0.25) is 0 Å². The van der Waals surface area contributed by atoms with Gasteiger partial charge in [0.05, 0.1) is 22.8 Å². The van der Waals surface area contributed by atoms with Gasteiger partial charge in [0.25, 0.3) is 11.8 Å². The van der Waals surface area contributed by atoms with Gasteiger partial charge in [-0.3, -0.25) is 14.5 Å². The Hall–Kier alpha value is -2.58. The molecule has 3 rings (SSSR count). The number of nitrogens with zero attached hydrogens (tertiary/aromatic N) is 2. The molecule has 2 aromatic carbocycles. The number of nitriles is 1. The lowest BCUT2D eigenvalue weighted by Gasteiger charge is -2.13. The normalized spacial score (nSPS) is 13.0. The second-order valence-corrected chi connectivity index (χ2v) is 6.63. The van der Waals surface area contributed by atoms with Crippen LogP contribution in [0, 0.1) is 11.3 Å². The zero-order valence-corrected chi connectivity index (χ0v) is 13.9. The Morgan fingerprint density at radius 2 is 1.58 bits per heavy atom. The first-order chi connectivity index (χ1) is 11.7. The summed E-state index contributed by atoms with van der Waals surface area (Å²) >= 11 is 1.76. The van der Waals surface area contributed by atoms with E-state index in [2.05, 4.69) is 6.07 Å². The fourth-order valence-electron chi connectivity index (χ4n) is 2.63. The molecular formula is C19H16N2O2S. The smallest absolute Gasteiger partial charge is 0.261 e. The molecule has 24 heavy (non-hydrogen) atoms. The highest BCUT2D eigenvalue weighted by Crippen LogP contribution is 2.23. The quantitative estimate of drug-likeness (QED) is 0.598. The number of thioether (sulfide) groups is 1. The second-order valence-electron chi connectivity index (χ2n) is 5.52. The van der Waals surface area contributed by atoms with Gasteiger partial charge in [-0.25, -0.2) is 0 Å². The molecule has 1 aliphatic heterocycles. The molecule has 0 unspecified atom stereocenters. The van der Waals surface area contributed by atoms with E-state index in [4.69, 9.17) is 5.26 Å². The Bertz CT molecular complexity index is 774. The highest BCUT2D eigenvalue weighted by atomic mass is 32.2. The predicted octanol–water partition coefficient (Wildman–Crippen LogP) is 3.48. The maximum atomic E-state index is 12.2. The van der Waals surface area contributed by atoms with Crippen LogP contribution in [0.1, 0.15) is 38.3 Å². The number of imide groups is 1. The van der Waals surface area contributed by atoms with E-state index < -0.39 is 0 Å². The van der Waals surface area contributed by atoms with Crippen molar-refractivity contribution in [2.75, 3.05) is 12.3 Å². The molecule has 0 bridgehead atoms. The first-order valence-electron chi connectivity index (χ1n) is 7.72. The molecule has 0 spiro atoms. The lowest BCUT2D eigenvalue weighted by atomic mass is 10.1. The maximum absolute atomic E-state index is 12.2. The zero-order valence-electron chi connectivity index (χ0n) is 13.1. The third kappa shape index (κ3) is 3.34. The molecule has 1 heterocycles. The fraction of sp³-hybridized carbons (Fsp3) is 0.211. The molecule has 0 saturated carbocycles. The van der Waals surface area contributed by atoms with Crippen LogP contribution in [0.15, 0.2) is 48.5 Å². The molecule has 0 radical (unpaired) electrons. The molecule has 4 nitrogen and oxygen atoms in total. The van der Waals surface area contributed by atoms with Gasteiger partial charge >= 0.3 is 0 Å². The van der Waals surface area contributed by atoms with Gasteiger partial charge in [-0.1, -0.05) is 24.3 Å². The van der Waals surface area contributed by atoms with Crippen LogP contribution in [0.25, 0.3) is 0 Å². The van der Waals surface area contributed by atoms with Gasteiger partial charge in [-0.05, 0) is 42.0 Å². The van der Waals surface area contributed by atoms with E-state index in [-0.39, 0.29) is 11.8 Å². The van der Waals surface area contributed by atoms with Crippen LogP contribution in [0.5, 0.6) is 0 Å². The molecule has 2 amide bonds. The van der Waals surface area contributed by atoms with E-state index in [1.165, 1.54) is 10.5 Å². The number of hydrogen-bond acceptors (Lipinski definition) is 4. The SMILES string of the molecule is N#Cc1ccc(CSCCCN2C(=O)c3ccccc3C2=O)cc1. The molecule has 120 valence electrons. The summed E-state index contributed by atoms with van der Waals surface area (Å²) < 4.78 is 0. The first-order valence-corrected chi connectivity index (χ1v) is 8.88. The van der Waals surface area contributed by atoms with Crippen molar-refractivity contribution in [3.8, 4) is 6.07 Å². The van der Waals surface area contributed by atoms with E-state index in [1.807, 2.05) is 24.3 Å². The summed E-state index contributed by atoms with van der Waals surface area (Å²) in [5.41, 5.74) is 2.84. The highest BCUT2D eigenvalue weighted by molar-refractivity contribution is 7.98. The summed E-state index contributed by atoms with van der Waals surface area (Å²) in [7, 11) is 0. The van der Waals surface area contributed by atoms with Crippen molar-refractivity contribution in [1.29, 1.82) is 5.26 Å². The van der Waals surface area contributed by atoms with Crippen molar-refractivity contribution in [3.63, 3.8) is 0 Å². The van der Waals surface area contributed by atoms with E-state index in [0.717, 1.165) is 17.9 Å². The zero-order chi connectivity index (χ0) is 16.9. The van der Waals surface area contributed by atoms with Crippen LogP contribution in [0.4, 0.5) is 0 Å². The monoisotopic (exact) mass is 336 g/mol. The summed E-state index contributed by atoms with van der Waals surface area (Å²) in [6, 6.07) is 16.6. The number of amides is 2. The van der Waals surface area contributed by atoms with Gasteiger partial charge in [-0.2, -0.15) is 17.0 Å². The number of carbonyl (C=O) groups is 2. The molecule has 0 fully saturated rings. The van der Waals surface area contributed by atoms with Gasteiger partial charge in [-0.15, -0.1) is 0 Å². The number of fused-ring (bicyclic) bond motifs is 1. The van der Waals surface area contributed by atoms with Crippen molar-refractivity contribution in [2.45, 2.75) is 12.2 Å². The van der Waals surface area contributed by atoms with Gasteiger partial charge < -0.3 is 0 Å². The molecular weight excluding hydrogens is 320 g/mol. The Kier molecular flexibility index (Phi) is 4.97. The van der Waals surface area contributed by atoms with Crippen LogP contribution >= 0.6 is 11.8 Å². The third-order valence-electron chi connectivity index (χ3n) is 3.90. The first kappa shape index (κ1) is 16.3. The maximum Gasteiger partial charge on any atom is 0.261 e. The van der Waals surface area contributed by atoms with Crippen LogP contribution < -0.4 is 0 Å². The minimum atomic E-state index is -0.187. The van der Waals surface area contributed by atoms with Crippen molar-refractivity contribution < 1.29 is 9.59 Å². The molecule has 0 aromatic heterocycles. The standard InChI is InChI=1S/C19H16N2O2S/c20-12-14-6-8-15(9-7-14)13-24-11-3-10-21-18(22)16-4-1-2-5-17(16)19(21)23/h1-2,4-9H,3,10-11,13H2. The third-order valence-corrected chi connectivity index (χ3v) is 5.02. The van der Waals surface area contributed by atoms with Crippen molar-refractivity contribution in [1.82, 2.24) is 4.90 Å². The van der Waals surface area contributed by atoms with Gasteiger partial charge in [0.15, 0.2) is 0 Å². The second kappa shape index (κ2) is 7.33. The fourth-order valence-corrected chi connectivity index (χ4v) is 3.54. The Balaban J connectivity index is 1.45. The Labute approximate surface area is 145 Å². The number of rotatable bonds is 6. The number of hydrogen-bond donors (Lipinski definition) is 0. The molecule has 0 aliphatic carbocycles. The topological polar surface area (TPSA) is 61.2 Å². The molecule has 1 aliphatic rings. The molecule has 0 atom stereocenters. The predicted molar refractivity (Wildman–Crippen MR) is 93.7 cm³/mol. The van der Waals surface area contributed by atoms with Crippen molar-refractivity contribution >= 4 is 23.6 Å². The number of benzene rings is 2. The lowest BCUT2D eigenvalue weighted by Crippen LogP contribution is -2.31. The minimum absolute atomic E-state index is 0.187. The van der Waals surface area contributed by atoms with E-state index in [0.29, 0.717) is 23.2 Å². The van der Waals surface area contributed by atoms with Gasteiger partial charge in [0, 0.05) is 12.3 Å². The van der Waals surface area contributed by atoms with Crippen LogP contribution in [-0.2, 0) is 5.75 Å². The highest BCUT2D eigenvalue weighted by Gasteiger charge is 2.34. The summed E-state index contributed by atoms with van der Waals surface area (Å²) in [6.45, 7) is 0.451. The average Bonchev–Trinajstić information content (AvgIpc) is 2.87. The number of carbonyl (C=O) groups excluding carboxylic acids is 2. The summed E-state index contributed by atoms with van der Waals surface area (Å²) in [4.78, 5) is 25.8. The van der Waals surface area contributed by atoms with Crippen molar-refractivity contribution in [3.05, 3.63) is 70.8 Å². The minimum Gasteiger partial charge on any atom is -0.274 e.